The zero-order valence-corrected chi connectivity index (χ0v) is 14.5. The van der Waals surface area contributed by atoms with Crippen molar-refractivity contribution < 1.29 is 17.9 Å². The molecule has 0 spiro atoms. The molecule has 2 heterocycles. The van der Waals surface area contributed by atoms with Gasteiger partial charge in [0.05, 0.1) is 23.6 Å². The van der Waals surface area contributed by atoms with Gasteiger partial charge in [-0.05, 0) is 30.3 Å². The van der Waals surface area contributed by atoms with Gasteiger partial charge in [0.25, 0.3) is 10.0 Å². The van der Waals surface area contributed by atoms with E-state index >= 15 is 0 Å². The van der Waals surface area contributed by atoms with Gasteiger partial charge in [0.1, 0.15) is 11.9 Å². The van der Waals surface area contributed by atoms with Crippen molar-refractivity contribution in [3.63, 3.8) is 0 Å². The first-order valence-electron chi connectivity index (χ1n) is 8.31. The fraction of sp³-hybridized carbons (Fsp3) is 0.263. The number of rotatable bonds is 4. The highest BCUT2D eigenvalue weighted by Gasteiger charge is 2.20. The van der Waals surface area contributed by atoms with E-state index in [-0.39, 0.29) is 11.0 Å². The van der Waals surface area contributed by atoms with Crippen molar-refractivity contribution in [2.45, 2.75) is 23.8 Å². The normalized spacial score (nSPS) is 16.2. The quantitative estimate of drug-likeness (QED) is 0.718. The molecule has 1 aromatic heterocycles. The number of hydrogen-bond donors (Lipinski definition) is 0. The highest BCUT2D eigenvalue weighted by Crippen LogP contribution is 2.27. The molecule has 1 aliphatic heterocycles. The zero-order chi connectivity index (χ0) is 17.3. The highest BCUT2D eigenvalue weighted by atomic mass is 32.2. The van der Waals surface area contributed by atoms with Crippen LogP contribution in [-0.2, 0) is 14.8 Å². The minimum absolute atomic E-state index is 0.111. The summed E-state index contributed by atoms with van der Waals surface area (Å²) in [6.07, 6.45) is 3.40. The van der Waals surface area contributed by atoms with Crippen LogP contribution in [0, 0.1) is 0 Å². The molecule has 1 aliphatic rings. The number of aromatic nitrogens is 1. The van der Waals surface area contributed by atoms with Gasteiger partial charge in [-0.1, -0.05) is 18.2 Å². The molecule has 1 fully saturated rings. The van der Waals surface area contributed by atoms with Crippen molar-refractivity contribution in [2.24, 2.45) is 0 Å². The molecule has 2 aromatic carbocycles. The first-order valence-corrected chi connectivity index (χ1v) is 9.75. The topological polar surface area (TPSA) is 57.5 Å². The zero-order valence-electron chi connectivity index (χ0n) is 13.7. The third-order valence-electron chi connectivity index (χ3n) is 4.40. The molecule has 130 valence electrons. The second-order valence-electron chi connectivity index (χ2n) is 6.08. The van der Waals surface area contributed by atoms with Crippen LogP contribution in [0.5, 0.6) is 5.75 Å². The standard InChI is InChI=1S/C19H19NO4S/c21-25(22,18-4-2-1-3-5-18)20-11-8-15-6-7-17(14-19(15)20)24-16-9-12-23-13-10-16/h1-8,11,14,16H,9-10,12-13H2. The molecule has 3 aromatic rings. The van der Waals surface area contributed by atoms with Gasteiger partial charge < -0.3 is 9.47 Å². The van der Waals surface area contributed by atoms with Gasteiger partial charge in [-0.3, -0.25) is 0 Å². The van der Waals surface area contributed by atoms with E-state index in [0.717, 1.165) is 18.2 Å². The summed E-state index contributed by atoms with van der Waals surface area (Å²) in [6, 6.07) is 15.8. The molecule has 0 unspecified atom stereocenters. The van der Waals surface area contributed by atoms with Crippen LogP contribution in [0.1, 0.15) is 12.8 Å². The maximum atomic E-state index is 12.9. The first-order chi connectivity index (χ1) is 12.1. The van der Waals surface area contributed by atoms with Gasteiger partial charge in [0.15, 0.2) is 0 Å². The Morgan fingerprint density at radius 3 is 2.52 bits per heavy atom. The molecule has 4 rings (SSSR count). The van der Waals surface area contributed by atoms with Gasteiger partial charge >= 0.3 is 0 Å². The highest BCUT2D eigenvalue weighted by molar-refractivity contribution is 7.90. The summed E-state index contributed by atoms with van der Waals surface area (Å²) in [6.45, 7) is 1.40. The predicted octanol–water partition coefficient (Wildman–Crippen LogP) is 3.44. The molecular weight excluding hydrogens is 338 g/mol. The molecular formula is C19H19NO4S. The van der Waals surface area contributed by atoms with E-state index in [1.165, 1.54) is 3.97 Å². The Hall–Kier alpha value is -2.31. The summed E-state index contributed by atoms with van der Waals surface area (Å²) in [7, 11) is -3.63. The van der Waals surface area contributed by atoms with Crippen LogP contribution in [0.4, 0.5) is 0 Å². The van der Waals surface area contributed by atoms with Crippen LogP contribution < -0.4 is 4.74 Å². The monoisotopic (exact) mass is 357 g/mol. The lowest BCUT2D eigenvalue weighted by molar-refractivity contribution is 0.0256. The average molecular weight is 357 g/mol. The van der Waals surface area contributed by atoms with E-state index in [1.54, 1.807) is 48.7 Å². The summed E-state index contributed by atoms with van der Waals surface area (Å²) in [5.74, 6) is 0.683. The number of fused-ring (bicyclic) bond motifs is 1. The fourth-order valence-electron chi connectivity index (χ4n) is 3.06. The van der Waals surface area contributed by atoms with Gasteiger partial charge in [-0.2, -0.15) is 0 Å². The van der Waals surface area contributed by atoms with E-state index in [9.17, 15) is 8.42 Å². The van der Waals surface area contributed by atoms with E-state index in [0.29, 0.717) is 24.5 Å². The van der Waals surface area contributed by atoms with Crippen molar-refractivity contribution in [3.8, 4) is 5.75 Å². The largest absolute Gasteiger partial charge is 0.490 e. The number of benzene rings is 2. The minimum atomic E-state index is -3.63. The second kappa shape index (κ2) is 6.54. The van der Waals surface area contributed by atoms with Crippen molar-refractivity contribution in [1.29, 1.82) is 0 Å². The molecule has 1 saturated heterocycles. The fourth-order valence-corrected chi connectivity index (χ4v) is 4.43. The van der Waals surface area contributed by atoms with E-state index in [2.05, 4.69) is 0 Å². The van der Waals surface area contributed by atoms with Gasteiger partial charge in [-0.25, -0.2) is 12.4 Å². The lowest BCUT2D eigenvalue weighted by Crippen LogP contribution is -2.25. The molecule has 0 aliphatic carbocycles. The lowest BCUT2D eigenvalue weighted by atomic mass is 10.1. The molecule has 5 nitrogen and oxygen atoms in total. The number of nitrogens with zero attached hydrogens (tertiary/aromatic N) is 1. The third-order valence-corrected chi connectivity index (χ3v) is 6.10. The predicted molar refractivity (Wildman–Crippen MR) is 95.4 cm³/mol. The van der Waals surface area contributed by atoms with E-state index in [1.807, 2.05) is 12.1 Å². The molecule has 0 bridgehead atoms. The Balaban J connectivity index is 1.71. The van der Waals surface area contributed by atoms with Crippen molar-refractivity contribution in [3.05, 3.63) is 60.8 Å². The summed E-state index contributed by atoms with van der Waals surface area (Å²) < 4.78 is 38.5. The number of hydrogen-bond acceptors (Lipinski definition) is 4. The lowest BCUT2D eigenvalue weighted by Gasteiger charge is -2.23. The molecule has 0 radical (unpaired) electrons. The van der Waals surface area contributed by atoms with Crippen LogP contribution in [0.25, 0.3) is 10.9 Å². The number of ether oxygens (including phenoxy) is 2. The Morgan fingerprint density at radius 2 is 1.76 bits per heavy atom. The summed E-state index contributed by atoms with van der Waals surface area (Å²) in [5.41, 5.74) is 0.619. The van der Waals surface area contributed by atoms with Gasteiger partial charge in [0.2, 0.25) is 0 Å². The van der Waals surface area contributed by atoms with Gasteiger partial charge in [0, 0.05) is 30.5 Å². The molecule has 6 heteroatoms. The third kappa shape index (κ3) is 3.15. The SMILES string of the molecule is O=S(=O)(c1ccccc1)n1ccc2ccc(OC3CCOCC3)cc21. The van der Waals surface area contributed by atoms with Gasteiger partial charge in [-0.15, -0.1) is 0 Å². The minimum Gasteiger partial charge on any atom is -0.490 e. The summed E-state index contributed by atoms with van der Waals surface area (Å²) in [5, 5.41) is 0.860. The van der Waals surface area contributed by atoms with Crippen molar-refractivity contribution >= 4 is 20.9 Å². The van der Waals surface area contributed by atoms with Crippen molar-refractivity contribution in [2.75, 3.05) is 13.2 Å². The van der Waals surface area contributed by atoms with Crippen LogP contribution in [0.2, 0.25) is 0 Å². The molecule has 0 amide bonds. The maximum absolute atomic E-state index is 12.9. The van der Waals surface area contributed by atoms with Crippen LogP contribution in [-0.4, -0.2) is 31.7 Å². The van der Waals surface area contributed by atoms with E-state index < -0.39 is 10.0 Å². The van der Waals surface area contributed by atoms with Crippen LogP contribution in [0.3, 0.4) is 0 Å². The Bertz CT molecular complexity index is 973. The van der Waals surface area contributed by atoms with Crippen LogP contribution >= 0.6 is 0 Å². The van der Waals surface area contributed by atoms with Crippen LogP contribution in [0.15, 0.2) is 65.7 Å². The molecule has 0 N–H and O–H groups in total. The maximum Gasteiger partial charge on any atom is 0.268 e. The summed E-state index contributed by atoms with van der Waals surface area (Å²) in [4.78, 5) is 0.267. The van der Waals surface area contributed by atoms with E-state index in [4.69, 9.17) is 9.47 Å². The Labute approximate surface area is 146 Å². The molecule has 25 heavy (non-hydrogen) atoms. The molecule has 0 atom stereocenters. The second-order valence-corrected chi connectivity index (χ2v) is 7.89. The summed E-state index contributed by atoms with van der Waals surface area (Å²) >= 11 is 0. The average Bonchev–Trinajstić information content (AvgIpc) is 3.07. The van der Waals surface area contributed by atoms with Crippen molar-refractivity contribution in [1.82, 2.24) is 3.97 Å². The Morgan fingerprint density at radius 1 is 1.00 bits per heavy atom. The molecule has 0 saturated carbocycles. The Kier molecular flexibility index (Phi) is 4.23. The first kappa shape index (κ1) is 16.2. The smallest absolute Gasteiger partial charge is 0.268 e.